The molecule has 0 bridgehead atoms. The van der Waals surface area contributed by atoms with E-state index in [9.17, 15) is 0 Å². The van der Waals surface area contributed by atoms with E-state index < -0.39 is 0 Å². The molecule has 1 aliphatic carbocycles. The van der Waals surface area contributed by atoms with Gasteiger partial charge in [-0.05, 0) is 18.3 Å². The van der Waals surface area contributed by atoms with Crippen LogP contribution in [0.2, 0.25) is 0 Å². The fourth-order valence-corrected chi connectivity index (χ4v) is 3.38. The third kappa shape index (κ3) is 3.25. The molecule has 18 heavy (non-hydrogen) atoms. The van der Waals surface area contributed by atoms with Crippen LogP contribution in [0.5, 0.6) is 0 Å². The van der Waals surface area contributed by atoms with Gasteiger partial charge < -0.3 is 14.8 Å². The lowest BCUT2D eigenvalue weighted by atomic mass is 9.77. The molecule has 0 radical (unpaired) electrons. The van der Waals surface area contributed by atoms with Crippen molar-refractivity contribution in [2.75, 3.05) is 26.9 Å². The van der Waals surface area contributed by atoms with Gasteiger partial charge in [-0.2, -0.15) is 0 Å². The Hall–Kier alpha value is -0.120. The van der Waals surface area contributed by atoms with Crippen molar-refractivity contribution in [1.29, 1.82) is 0 Å². The molecular formula is C15H29NO2. The van der Waals surface area contributed by atoms with Gasteiger partial charge >= 0.3 is 0 Å². The third-order valence-electron chi connectivity index (χ3n) is 5.23. The molecule has 1 aliphatic heterocycles. The SMILES string of the molecule is COC1(CN[C@@H]2CCC[C@@H](C)[C@H]2C)CCOCC1. The van der Waals surface area contributed by atoms with Crippen molar-refractivity contribution in [1.82, 2.24) is 5.32 Å². The Morgan fingerprint density at radius 3 is 2.61 bits per heavy atom. The summed E-state index contributed by atoms with van der Waals surface area (Å²) in [6.45, 7) is 7.44. The maximum Gasteiger partial charge on any atom is 0.0846 e. The van der Waals surface area contributed by atoms with Gasteiger partial charge in [0.1, 0.15) is 0 Å². The first-order valence-electron chi connectivity index (χ1n) is 7.53. The van der Waals surface area contributed by atoms with E-state index >= 15 is 0 Å². The van der Waals surface area contributed by atoms with E-state index in [1.54, 1.807) is 0 Å². The maximum absolute atomic E-state index is 5.79. The van der Waals surface area contributed by atoms with Crippen molar-refractivity contribution in [2.45, 2.75) is 57.6 Å². The molecule has 1 saturated heterocycles. The molecule has 3 heteroatoms. The van der Waals surface area contributed by atoms with E-state index in [1.165, 1.54) is 19.3 Å². The lowest BCUT2D eigenvalue weighted by Gasteiger charge is -2.40. The van der Waals surface area contributed by atoms with E-state index in [0.717, 1.165) is 44.4 Å². The van der Waals surface area contributed by atoms with Crippen LogP contribution in [-0.2, 0) is 9.47 Å². The van der Waals surface area contributed by atoms with E-state index in [-0.39, 0.29) is 5.60 Å². The fourth-order valence-electron chi connectivity index (χ4n) is 3.38. The van der Waals surface area contributed by atoms with Crippen molar-refractivity contribution < 1.29 is 9.47 Å². The van der Waals surface area contributed by atoms with Crippen molar-refractivity contribution in [3.05, 3.63) is 0 Å². The van der Waals surface area contributed by atoms with Gasteiger partial charge in [-0.1, -0.05) is 26.7 Å². The molecule has 106 valence electrons. The molecule has 3 atom stereocenters. The molecule has 0 aromatic carbocycles. The Kier molecular flexibility index (Phi) is 5.05. The van der Waals surface area contributed by atoms with Crippen LogP contribution in [0.1, 0.15) is 46.0 Å². The van der Waals surface area contributed by atoms with E-state index in [4.69, 9.17) is 9.47 Å². The molecule has 0 unspecified atom stereocenters. The second kappa shape index (κ2) is 6.36. The van der Waals surface area contributed by atoms with Crippen LogP contribution >= 0.6 is 0 Å². The first-order valence-corrected chi connectivity index (χ1v) is 7.53. The highest BCUT2D eigenvalue weighted by Gasteiger charge is 2.34. The first kappa shape index (κ1) is 14.3. The summed E-state index contributed by atoms with van der Waals surface area (Å²) >= 11 is 0. The van der Waals surface area contributed by atoms with Gasteiger partial charge in [0, 0.05) is 45.8 Å². The molecule has 1 heterocycles. The van der Waals surface area contributed by atoms with Crippen LogP contribution in [0.3, 0.4) is 0 Å². The largest absolute Gasteiger partial charge is 0.381 e. The number of nitrogens with one attached hydrogen (secondary N) is 1. The molecule has 2 aliphatic rings. The van der Waals surface area contributed by atoms with Crippen LogP contribution < -0.4 is 5.32 Å². The maximum atomic E-state index is 5.79. The quantitative estimate of drug-likeness (QED) is 0.837. The molecular weight excluding hydrogens is 226 g/mol. The summed E-state index contributed by atoms with van der Waals surface area (Å²) in [6, 6.07) is 0.670. The topological polar surface area (TPSA) is 30.5 Å². The zero-order chi connectivity index (χ0) is 13.0. The summed E-state index contributed by atoms with van der Waals surface area (Å²) in [5.74, 6) is 1.64. The molecule has 2 fully saturated rings. The summed E-state index contributed by atoms with van der Waals surface area (Å²) < 4.78 is 11.2. The van der Waals surface area contributed by atoms with Crippen LogP contribution in [0.15, 0.2) is 0 Å². The molecule has 1 saturated carbocycles. The molecule has 0 aromatic heterocycles. The Labute approximate surface area is 112 Å². The Morgan fingerprint density at radius 1 is 1.22 bits per heavy atom. The van der Waals surface area contributed by atoms with E-state index in [1.807, 2.05) is 7.11 Å². The highest BCUT2D eigenvalue weighted by molar-refractivity contribution is 4.89. The molecule has 1 N–H and O–H groups in total. The average molecular weight is 255 g/mol. The number of hydrogen-bond donors (Lipinski definition) is 1. The minimum Gasteiger partial charge on any atom is -0.381 e. The summed E-state index contributed by atoms with van der Waals surface area (Å²) in [4.78, 5) is 0. The number of methoxy groups -OCH3 is 1. The Morgan fingerprint density at radius 2 is 1.94 bits per heavy atom. The van der Waals surface area contributed by atoms with Crippen molar-refractivity contribution >= 4 is 0 Å². The lowest BCUT2D eigenvalue weighted by Crippen LogP contribution is -2.51. The summed E-state index contributed by atoms with van der Waals surface area (Å²) in [6.07, 6.45) is 6.12. The summed E-state index contributed by atoms with van der Waals surface area (Å²) in [5.41, 5.74) is 0.0126. The van der Waals surface area contributed by atoms with Gasteiger partial charge in [-0.15, -0.1) is 0 Å². The van der Waals surface area contributed by atoms with Crippen molar-refractivity contribution in [3.63, 3.8) is 0 Å². The highest BCUT2D eigenvalue weighted by Crippen LogP contribution is 2.30. The normalized spacial score (nSPS) is 36.5. The third-order valence-corrected chi connectivity index (χ3v) is 5.23. The Balaban J connectivity index is 1.85. The number of ether oxygens (including phenoxy) is 2. The lowest BCUT2D eigenvalue weighted by molar-refractivity contribution is -0.0899. The fraction of sp³-hybridized carbons (Fsp3) is 1.00. The minimum absolute atomic E-state index is 0.0126. The van der Waals surface area contributed by atoms with Crippen LogP contribution in [0.4, 0.5) is 0 Å². The van der Waals surface area contributed by atoms with Gasteiger partial charge in [-0.3, -0.25) is 0 Å². The predicted molar refractivity (Wildman–Crippen MR) is 73.8 cm³/mol. The van der Waals surface area contributed by atoms with Crippen LogP contribution in [0, 0.1) is 11.8 Å². The van der Waals surface area contributed by atoms with Gasteiger partial charge in [0.25, 0.3) is 0 Å². The highest BCUT2D eigenvalue weighted by atomic mass is 16.5. The summed E-state index contributed by atoms with van der Waals surface area (Å²) in [5, 5.41) is 3.78. The molecule has 3 nitrogen and oxygen atoms in total. The molecule has 0 amide bonds. The van der Waals surface area contributed by atoms with Gasteiger partial charge in [0.05, 0.1) is 5.60 Å². The van der Waals surface area contributed by atoms with Gasteiger partial charge in [0.2, 0.25) is 0 Å². The van der Waals surface area contributed by atoms with Gasteiger partial charge in [-0.25, -0.2) is 0 Å². The smallest absolute Gasteiger partial charge is 0.0846 e. The number of rotatable bonds is 4. The molecule has 0 spiro atoms. The van der Waals surface area contributed by atoms with E-state index in [2.05, 4.69) is 19.2 Å². The summed E-state index contributed by atoms with van der Waals surface area (Å²) in [7, 11) is 1.85. The predicted octanol–water partition coefficient (Wildman–Crippen LogP) is 2.60. The number of hydrogen-bond acceptors (Lipinski definition) is 3. The zero-order valence-corrected chi connectivity index (χ0v) is 12.2. The average Bonchev–Trinajstić information content (AvgIpc) is 2.41. The second-order valence-electron chi connectivity index (χ2n) is 6.25. The monoisotopic (exact) mass is 255 g/mol. The van der Waals surface area contributed by atoms with Crippen molar-refractivity contribution in [3.8, 4) is 0 Å². The molecule has 2 rings (SSSR count). The standard InChI is InChI=1S/C15H29NO2/c1-12-5-4-6-14(13(12)2)16-11-15(17-3)7-9-18-10-8-15/h12-14,16H,4-11H2,1-3H3/t12-,13-,14-/m1/s1. The zero-order valence-electron chi connectivity index (χ0n) is 12.2. The molecule has 0 aromatic rings. The van der Waals surface area contributed by atoms with Gasteiger partial charge in [0.15, 0.2) is 0 Å². The van der Waals surface area contributed by atoms with Crippen LogP contribution in [0.25, 0.3) is 0 Å². The Bertz CT molecular complexity index is 251. The van der Waals surface area contributed by atoms with E-state index in [0.29, 0.717) is 6.04 Å². The first-order chi connectivity index (χ1) is 8.67. The van der Waals surface area contributed by atoms with Crippen molar-refractivity contribution in [2.24, 2.45) is 11.8 Å². The minimum atomic E-state index is 0.0126. The second-order valence-corrected chi connectivity index (χ2v) is 6.25. The van der Waals surface area contributed by atoms with Crippen LogP contribution in [-0.4, -0.2) is 38.5 Å².